The van der Waals surface area contributed by atoms with Crippen molar-refractivity contribution in [2.75, 3.05) is 7.11 Å². The maximum absolute atomic E-state index is 11.2. The molecule has 4 nitrogen and oxygen atoms in total. The van der Waals surface area contributed by atoms with E-state index in [4.69, 9.17) is 4.74 Å². The van der Waals surface area contributed by atoms with Crippen LogP contribution >= 0.6 is 11.8 Å². The van der Waals surface area contributed by atoms with Gasteiger partial charge in [-0.15, -0.1) is 0 Å². The van der Waals surface area contributed by atoms with Gasteiger partial charge in [0.1, 0.15) is 5.75 Å². The van der Waals surface area contributed by atoms with Crippen molar-refractivity contribution in [2.45, 2.75) is 23.3 Å². The maximum Gasteiger partial charge on any atom is 0.207 e. The van der Waals surface area contributed by atoms with Crippen LogP contribution in [-0.4, -0.2) is 19.8 Å². The number of methoxy groups -OCH3 is 1. The summed E-state index contributed by atoms with van der Waals surface area (Å²) in [5.74, 6) is 0.744. The second kappa shape index (κ2) is 7.66. The minimum absolute atomic E-state index is 0.410. The van der Waals surface area contributed by atoms with Crippen molar-refractivity contribution >= 4 is 24.5 Å². The largest absolute Gasteiger partial charge is 0.497 e. The van der Waals surface area contributed by atoms with Gasteiger partial charge in [-0.3, -0.25) is 9.59 Å². The van der Waals surface area contributed by atoms with Crippen molar-refractivity contribution in [3.8, 4) is 5.75 Å². The lowest BCUT2D eigenvalue weighted by atomic mass is 10.1. The molecule has 2 aromatic carbocycles. The Hall–Kier alpha value is -2.27. The van der Waals surface area contributed by atoms with Crippen LogP contribution < -0.4 is 10.1 Å². The molecule has 0 saturated carbocycles. The van der Waals surface area contributed by atoms with E-state index >= 15 is 0 Å². The quantitative estimate of drug-likeness (QED) is 0.797. The molecule has 0 aliphatic rings. The minimum Gasteiger partial charge on any atom is -0.497 e. The average molecular weight is 315 g/mol. The number of hydrogen-bond donors (Lipinski definition) is 1. The number of aryl methyl sites for hydroxylation is 1. The highest BCUT2D eigenvalue weighted by Crippen LogP contribution is 2.36. The molecule has 1 N–H and O–H groups in total. The fourth-order valence-corrected chi connectivity index (χ4v) is 3.22. The lowest BCUT2D eigenvalue weighted by Crippen LogP contribution is -2.11. The van der Waals surface area contributed by atoms with E-state index in [1.807, 2.05) is 37.3 Å². The van der Waals surface area contributed by atoms with Gasteiger partial charge < -0.3 is 10.1 Å². The Bertz CT molecular complexity index is 686. The Morgan fingerprint density at radius 3 is 2.68 bits per heavy atom. The van der Waals surface area contributed by atoms with Gasteiger partial charge >= 0.3 is 0 Å². The summed E-state index contributed by atoms with van der Waals surface area (Å²) in [6.07, 6.45) is 1.52. The van der Waals surface area contributed by atoms with Crippen LogP contribution in [0.3, 0.4) is 0 Å². The Balaban J connectivity index is 2.44. The van der Waals surface area contributed by atoms with E-state index in [9.17, 15) is 9.59 Å². The van der Waals surface area contributed by atoms with E-state index in [0.717, 1.165) is 33.0 Å². The van der Waals surface area contributed by atoms with Crippen molar-refractivity contribution in [2.24, 2.45) is 0 Å². The Labute approximate surface area is 133 Å². The van der Waals surface area contributed by atoms with Gasteiger partial charge in [-0.05, 0) is 36.2 Å². The van der Waals surface area contributed by atoms with Gasteiger partial charge in [0.2, 0.25) is 6.41 Å². The van der Waals surface area contributed by atoms with Gasteiger partial charge in [0.15, 0.2) is 6.29 Å². The van der Waals surface area contributed by atoms with Gasteiger partial charge in [-0.2, -0.15) is 0 Å². The van der Waals surface area contributed by atoms with Crippen LogP contribution in [-0.2, 0) is 11.3 Å². The van der Waals surface area contributed by atoms with E-state index in [1.165, 1.54) is 11.8 Å². The summed E-state index contributed by atoms with van der Waals surface area (Å²) in [6.45, 7) is 2.39. The molecule has 0 fully saturated rings. The molecule has 0 radical (unpaired) electrons. The fourth-order valence-electron chi connectivity index (χ4n) is 2.14. The molecule has 22 heavy (non-hydrogen) atoms. The van der Waals surface area contributed by atoms with Crippen molar-refractivity contribution in [3.05, 3.63) is 53.1 Å². The highest BCUT2D eigenvalue weighted by Gasteiger charge is 2.12. The van der Waals surface area contributed by atoms with Crippen LogP contribution in [0.25, 0.3) is 0 Å². The topological polar surface area (TPSA) is 55.4 Å². The molecule has 0 aliphatic heterocycles. The zero-order chi connectivity index (χ0) is 15.9. The average Bonchev–Trinajstić information content (AvgIpc) is 2.55. The number of hydrogen-bond acceptors (Lipinski definition) is 4. The van der Waals surface area contributed by atoms with Gasteiger partial charge in [0.25, 0.3) is 0 Å². The molecule has 0 saturated heterocycles. The molecule has 0 aliphatic carbocycles. The molecule has 5 heteroatoms. The molecule has 1 amide bonds. The van der Waals surface area contributed by atoms with Crippen molar-refractivity contribution < 1.29 is 14.3 Å². The molecule has 0 spiro atoms. The lowest BCUT2D eigenvalue weighted by Gasteiger charge is -2.15. The van der Waals surface area contributed by atoms with Crippen LogP contribution in [0.1, 0.15) is 21.5 Å². The standard InChI is InChI=1S/C17H17NO3S/c1-12-7-15(21-2)8-14(9-18-11-20)17(12)22-16-6-4-3-5-13(16)10-19/h3-8,10-11H,9H2,1-2H3,(H,18,20). The maximum atomic E-state index is 11.2. The Kier molecular flexibility index (Phi) is 5.61. The molecule has 0 bridgehead atoms. The van der Waals surface area contributed by atoms with Crippen LogP contribution in [0.15, 0.2) is 46.2 Å². The molecule has 0 aromatic heterocycles. The van der Waals surface area contributed by atoms with Gasteiger partial charge in [-0.1, -0.05) is 30.0 Å². The summed E-state index contributed by atoms with van der Waals surface area (Å²) in [7, 11) is 1.61. The molecule has 0 atom stereocenters. The number of ether oxygens (including phenoxy) is 1. The summed E-state index contributed by atoms with van der Waals surface area (Å²) in [5, 5.41) is 2.68. The third-order valence-electron chi connectivity index (χ3n) is 3.19. The first kappa shape index (κ1) is 16.1. The first-order valence-corrected chi connectivity index (χ1v) is 7.58. The smallest absolute Gasteiger partial charge is 0.207 e. The molecule has 2 aromatic rings. The van der Waals surface area contributed by atoms with E-state index in [1.54, 1.807) is 13.2 Å². The zero-order valence-electron chi connectivity index (χ0n) is 12.5. The second-order valence-electron chi connectivity index (χ2n) is 4.69. The number of rotatable bonds is 7. The van der Waals surface area contributed by atoms with E-state index in [2.05, 4.69) is 5.32 Å². The van der Waals surface area contributed by atoms with Crippen molar-refractivity contribution in [3.63, 3.8) is 0 Å². The van der Waals surface area contributed by atoms with Crippen molar-refractivity contribution in [1.82, 2.24) is 5.32 Å². The number of aldehydes is 1. The summed E-state index contributed by atoms with van der Waals surface area (Å²) < 4.78 is 5.28. The summed E-state index contributed by atoms with van der Waals surface area (Å²) in [6, 6.07) is 11.3. The fraction of sp³-hybridized carbons (Fsp3) is 0.176. The predicted octanol–water partition coefficient (Wildman–Crippen LogP) is 3.21. The monoisotopic (exact) mass is 315 g/mol. The molecule has 0 unspecified atom stereocenters. The van der Waals surface area contributed by atoms with Crippen LogP contribution in [0.5, 0.6) is 5.75 Å². The zero-order valence-corrected chi connectivity index (χ0v) is 13.3. The summed E-state index contributed by atoms with van der Waals surface area (Å²) >= 11 is 1.52. The molecule has 0 heterocycles. The normalized spacial score (nSPS) is 10.1. The van der Waals surface area contributed by atoms with Crippen LogP contribution in [0, 0.1) is 6.92 Å². The number of amides is 1. The molecule has 114 valence electrons. The van der Waals surface area contributed by atoms with Gasteiger partial charge in [0.05, 0.1) is 7.11 Å². The SMILES string of the molecule is COc1cc(C)c(Sc2ccccc2C=O)c(CNC=O)c1. The number of nitrogens with one attached hydrogen (secondary N) is 1. The van der Waals surface area contributed by atoms with E-state index in [-0.39, 0.29) is 0 Å². The highest BCUT2D eigenvalue weighted by molar-refractivity contribution is 7.99. The third-order valence-corrected chi connectivity index (χ3v) is 4.57. The summed E-state index contributed by atoms with van der Waals surface area (Å²) in [4.78, 5) is 23.7. The number of carbonyl (C=O) groups excluding carboxylic acids is 2. The Morgan fingerprint density at radius 2 is 2.00 bits per heavy atom. The highest BCUT2D eigenvalue weighted by atomic mass is 32.2. The predicted molar refractivity (Wildman–Crippen MR) is 86.6 cm³/mol. The first-order chi connectivity index (χ1) is 10.7. The first-order valence-electron chi connectivity index (χ1n) is 6.76. The molecular weight excluding hydrogens is 298 g/mol. The second-order valence-corrected chi connectivity index (χ2v) is 5.74. The molecular formula is C17H17NO3S. The van der Waals surface area contributed by atoms with Gasteiger partial charge in [-0.25, -0.2) is 0 Å². The lowest BCUT2D eigenvalue weighted by molar-refractivity contribution is -0.109. The third kappa shape index (κ3) is 3.68. The van der Waals surface area contributed by atoms with Crippen LogP contribution in [0.2, 0.25) is 0 Å². The van der Waals surface area contributed by atoms with E-state index < -0.39 is 0 Å². The minimum atomic E-state index is 0.410. The van der Waals surface area contributed by atoms with E-state index in [0.29, 0.717) is 18.5 Å². The molecule has 2 rings (SSSR count). The number of benzene rings is 2. The van der Waals surface area contributed by atoms with Crippen molar-refractivity contribution in [1.29, 1.82) is 0 Å². The Morgan fingerprint density at radius 1 is 1.23 bits per heavy atom. The number of carbonyl (C=O) groups is 2. The van der Waals surface area contributed by atoms with Gasteiger partial charge in [0, 0.05) is 21.9 Å². The van der Waals surface area contributed by atoms with Crippen LogP contribution in [0.4, 0.5) is 0 Å². The summed E-state index contributed by atoms with van der Waals surface area (Å²) in [5.41, 5.74) is 2.64.